The molecule has 0 spiro atoms. The largest absolute Gasteiger partial charge is 0.481 e. The van der Waals surface area contributed by atoms with E-state index in [2.05, 4.69) is 11.8 Å². The van der Waals surface area contributed by atoms with Gasteiger partial charge in [-0.1, -0.05) is 89.9 Å². The number of thioether (sulfide) groups is 1. The second-order valence-electron chi connectivity index (χ2n) is 7.91. The average molecular weight is 402 g/mol. The first kappa shape index (κ1) is 26.8. The van der Waals surface area contributed by atoms with Crippen LogP contribution in [-0.2, 0) is 4.79 Å². The first-order valence-corrected chi connectivity index (χ1v) is 12.9. The number of rotatable bonds is 23. The quantitative estimate of drug-likeness (QED) is 0.178. The molecule has 162 valence electrons. The molecule has 0 aliphatic carbocycles. The van der Waals surface area contributed by atoms with Gasteiger partial charge in [-0.2, -0.15) is 11.8 Å². The number of carboxylic acids is 1. The normalized spacial score (nSPS) is 11.1. The summed E-state index contributed by atoms with van der Waals surface area (Å²) >= 11 is 2.15. The Hall–Kier alpha value is -0.220. The lowest BCUT2D eigenvalue weighted by molar-refractivity contribution is -0.137. The molecule has 3 N–H and O–H groups in total. The van der Waals surface area contributed by atoms with Crippen LogP contribution in [-0.4, -0.2) is 29.1 Å². The molecule has 0 bridgehead atoms. The Kier molecular flexibility index (Phi) is 23.6. The van der Waals surface area contributed by atoms with Gasteiger partial charge in [-0.15, -0.1) is 0 Å². The minimum atomic E-state index is -0.655. The molecule has 0 aromatic carbocycles. The molecule has 0 saturated heterocycles. The smallest absolute Gasteiger partial charge is 0.303 e. The van der Waals surface area contributed by atoms with E-state index in [9.17, 15) is 4.79 Å². The maximum atomic E-state index is 10.4. The molecule has 0 fully saturated rings. The molecule has 0 aliphatic heterocycles. The molecule has 0 aromatic rings. The molecule has 0 saturated carbocycles. The van der Waals surface area contributed by atoms with Crippen molar-refractivity contribution in [1.29, 1.82) is 0 Å². The Morgan fingerprint density at radius 2 is 0.889 bits per heavy atom. The van der Waals surface area contributed by atoms with Gasteiger partial charge < -0.3 is 10.8 Å². The maximum Gasteiger partial charge on any atom is 0.303 e. The highest BCUT2D eigenvalue weighted by Gasteiger charge is 1.97. The lowest BCUT2D eigenvalue weighted by atomic mass is 10.1. The van der Waals surface area contributed by atoms with E-state index in [1.165, 1.54) is 114 Å². The number of hydrogen-bond acceptors (Lipinski definition) is 3. The van der Waals surface area contributed by atoms with Crippen LogP contribution < -0.4 is 5.73 Å². The minimum absolute atomic E-state index is 0.341. The third-order valence-electron chi connectivity index (χ3n) is 5.17. The number of aliphatic carboxylic acids is 1. The van der Waals surface area contributed by atoms with E-state index >= 15 is 0 Å². The first-order valence-electron chi connectivity index (χ1n) is 11.8. The van der Waals surface area contributed by atoms with Gasteiger partial charge in [0, 0.05) is 6.42 Å². The summed E-state index contributed by atoms with van der Waals surface area (Å²) in [6, 6.07) is 0. The zero-order chi connectivity index (χ0) is 19.8. The molecule has 27 heavy (non-hydrogen) atoms. The summed E-state index contributed by atoms with van der Waals surface area (Å²) in [7, 11) is 0. The van der Waals surface area contributed by atoms with Gasteiger partial charge in [0.1, 0.15) is 0 Å². The fourth-order valence-corrected chi connectivity index (χ4v) is 4.43. The number of hydrogen-bond donors (Lipinski definition) is 2. The highest BCUT2D eigenvalue weighted by molar-refractivity contribution is 7.99. The summed E-state index contributed by atoms with van der Waals surface area (Å²) in [5.41, 5.74) is 5.50. The predicted molar refractivity (Wildman–Crippen MR) is 122 cm³/mol. The summed E-state index contributed by atoms with van der Waals surface area (Å²) in [6.45, 7) is 0.856. The third-order valence-corrected chi connectivity index (χ3v) is 6.33. The Bertz CT molecular complexity index is 300. The van der Waals surface area contributed by atoms with Gasteiger partial charge in [0.15, 0.2) is 0 Å². The highest BCUT2D eigenvalue weighted by atomic mass is 32.2. The van der Waals surface area contributed by atoms with Crippen LogP contribution in [0.4, 0.5) is 0 Å². The van der Waals surface area contributed by atoms with Crippen molar-refractivity contribution in [2.24, 2.45) is 5.73 Å². The topological polar surface area (TPSA) is 63.3 Å². The lowest BCUT2D eigenvalue weighted by Gasteiger charge is -2.04. The molecule has 3 nitrogen and oxygen atoms in total. The van der Waals surface area contributed by atoms with Crippen LogP contribution in [0.1, 0.15) is 122 Å². The van der Waals surface area contributed by atoms with Gasteiger partial charge in [0.05, 0.1) is 0 Å². The molecule has 4 heteroatoms. The third kappa shape index (κ3) is 25.8. The summed E-state index contributed by atoms with van der Waals surface area (Å²) in [5, 5.41) is 8.57. The van der Waals surface area contributed by atoms with Crippen LogP contribution in [0.25, 0.3) is 0 Å². The Labute approximate surface area is 173 Å². The Balaban J connectivity index is 2.98. The molecule has 0 aliphatic rings. The Morgan fingerprint density at radius 1 is 0.556 bits per heavy atom. The van der Waals surface area contributed by atoms with E-state index in [0.717, 1.165) is 19.4 Å². The van der Waals surface area contributed by atoms with E-state index in [1.807, 2.05) is 0 Å². The Morgan fingerprint density at radius 3 is 1.26 bits per heavy atom. The van der Waals surface area contributed by atoms with Crippen LogP contribution >= 0.6 is 11.8 Å². The highest BCUT2D eigenvalue weighted by Crippen LogP contribution is 2.15. The zero-order valence-electron chi connectivity index (χ0n) is 17.9. The van der Waals surface area contributed by atoms with Crippen LogP contribution in [0.15, 0.2) is 0 Å². The van der Waals surface area contributed by atoms with Crippen molar-refractivity contribution < 1.29 is 9.90 Å². The van der Waals surface area contributed by atoms with E-state index in [4.69, 9.17) is 10.8 Å². The van der Waals surface area contributed by atoms with Crippen molar-refractivity contribution >= 4 is 17.7 Å². The van der Waals surface area contributed by atoms with Crippen molar-refractivity contribution in [3.8, 4) is 0 Å². The summed E-state index contributed by atoms with van der Waals surface area (Å²) < 4.78 is 0. The fraction of sp³-hybridized carbons (Fsp3) is 0.957. The number of unbranched alkanes of at least 4 members (excludes halogenated alkanes) is 16. The van der Waals surface area contributed by atoms with Crippen LogP contribution in [0.2, 0.25) is 0 Å². The summed E-state index contributed by atoms with van der Waals surface area (Å²) in [5.74, 6) is 2.04. The molecule has 0 unspecified atom stereocenters. The van der Waals surface area contributed by atoms with Crippen molar-refractivity contribution in [3.63, 3.8) is 0 Å². The van der Waals surface area contributed by atoms with Crippen LogP contribution in [0.5, 0.6) is 0 Å². The standard InChI is InChI=1S/C23H47NO2S/c24-20-16-12-8-4-2-6-10-14-18-22-27-21-17-13-9-5-1-3-7-11-15-19-23(25)26/h1-22,24H2,(H,25,26). The van der Waals surface area contributed by atoms with E-state index in [-0.39, 0.29) is 0 Å². The molecule has 0 heterocycles. The van der Waals surface area contributed by atoms with E-state index < -0.39 is 5.97 Å². The average Bonchev–Trinajstić information content (AvgIpc) is 2.65. The molecule has 0 atom stereocenters. The first-order chi connectivity index (χ1) is 13.3. The van der Waals surface area contributed by atoms with Gasteiger partial charge >= 0.3 is 5.97 Å². The van der Waals surface area contributed by atoms with Crippen molar-refractivity contribution in [2.75, 3.05) is 18.1 Å². The number of nitrogens with two attached hydrogens (primary N) is 1. The van der Waals surface area contributed by atoms with Crippen molar-refractivity contribution in [1.82, 2.24) is 0 Å². The molecule has 0 aromatic heterocycles. The summed E-state index contributed by atoms with van der Waals surface area (Å²) in [4.78, 5) is 10.4. The molecule has 0 amide bonds. The molecular weight excluding hydrogens is 354 g/mol. The summed E-state index contributed by atoms with van der Waals surface area (Å²) in [6.07, 6.45) is 24.0. The maximum absolute atomic E-state index is 10.4. The van der Waals surface area contributed by atoms with Gasteiger partial charge in [-0.05, 0) is 43.7 Å². The zero-order valence-corrected chi connectivity index (χ0v) is 18.7. The van der Waals surface area contributed by atoms with Crippen LogP contribution in [0, 0.1) is 0 Å². The molecule has 0 radical (unpaired) electrons. The number of carbonyl (C=O) groups is 1. The van der Waals surface area contributed by atoms with E-state index in [1.54, 1.807) is 0 Å². The molecular formula is C23H47NO2S. The van der Waals surface area contributed by atoms with Crippen molar-refractivity contribution in [2.45, 2.75) is 122 Å². The van der Waals surface area contributed by atoms with Gasteiger partial charge in [-0.3, -0.25) is 4.79 Å². The van der Waals surface area contributed by atoms with Gasteiger partial charge in [0.2, 0.25) is 0 Å². The minimum Gasteiger partial charge on any atom is -0.481 e. The lowest BCUT2D eigenvalue weighted by Crippen LogP contribution is -1.97. The second kappa shape index (κ2) is 23.8. The van der Waals surface area contributed by atoms with Crippen LogP contribution in [0.3, 0.4) is 0 Å². The monoisotopic (exact) mass is 401 g/mol. The van der Waals surface area contributed by atoms with E-state index in [0.29, 0.717) is 6.42 Å². The molecule has 0 rings (SSSR count). The fourth-order valence-electron chi connectivity index (χ4n) is 3.41. The SMILES string of the molecule is NCCCCCCCCCCCSCCCCCCCCCCCC(=O)O. The van der Waals surface area contributed by atoms with Gasteiger partial charge in [0.25, 0.3) is 0 Å². The van der Waals surface area contributed by atoms with Gasteiger partial charge in [-0.25, -0.2) is 0 Å². The number of carboxylic acid groups (broad SMARTS) is 1. The van der Waals surface area contributed by atoms with Crippen molar-refractivity contribution in [3.05, 3.63) is 0 Å². The predicted octanol–water partition coefficient (Wildman–Crippen LogP) is 7.17. The second-order valence-corrected chi connectivity index (χ2v) is 9.13.